The van der Waals surface area contributed by atoms with Crippen LogP contribution < -0.4 is 4.74 Å². The van der Waals surface area contributed by atoms with Gasteiger partial charge in [-0.3, -0.25) is 4.79 Å². The molecule has 0 aromatic heterocycles. The maximum Gasteiger partial charge on any atom is 0.350 e. The summed E-state index contributed by atoms with van der Waals surface area (Å²) in [6, 6.07) is 22.9. The molecule has 1 saturated heterocycles. The summed E-state index contributed by atoms with van der Waals surface area (Å²) in [5, 5.41) is 0.566. The fourth-order valence-electron chi connectivity index (χ4n) is 3.43. The highest BCUT2D eigenvalue weighted by Crippen LogP contribution is 2.26. The lowest BCUT2D eigenvalue weighted by molar-refractivity contribution is -0.233. The zero-order chi connectivity index (χ0) is 24.1. The summed E-state index contributed by atoms with van der Waals surface area (Å²) in [7, 11) is 0. The van der Waals surface area contributed by atoms with Crippen LogP contribution in [0.1, 0.15) is 41.6 Å². The molecule has 1 aliphatic heterocycles. The summed E-state index contributed by atoms with van der Waals surface area (Å²) in [6.07, 6.45) is -1.01. The van der Waals surface area contributed by atoms with Crippen LogP contribution in [0.4, 0.5) is 0 Å². The maximum atomic E-state index is 12.8. The van der Waals surface area contributed by atoms with Crippen molar-refractivity contribution >= 4 is 23.4 Å². The summed E-state index contributed by atoms with van der Waals surface area (Å²) in [4.78, 5) is 25.4. The van der Waals surface area contributed by atoms with Crippen molar-refractivity contribution < 1.29 is 28.5 Å². The van der Waals surface area contributed by atoms with Crippen molar-refractivity contribution in [1.82, 2.24) is 0 Å². The Morgan fingerprint density at radius 3 is 2.00 bits per heavy atom. The highest BCUT2D eigenvalue weighted by molar-refractivity contribution is 6.30. The standard InChI is InChI=1S/C27H25ClO6/c1-27(2,26(30)33-23-16-31-25(32-17-23)20-6-4-3-5-7-20)34-22-14-10-19(11-15-22)24(29)18-8-12-21(28)13-9-18/h3-15,23,25H,16-17H2,1-2H3. The topological polar surface area (TPSA) is 71.1 Å². The SMILES string of the molecule is CC(C)(Oc1ccc(C(=O)c2ccc(Cl)cc2)cc1)C(=O)OC1COC(c2ccccc2)OC1. The Hall–Kier alpha value is -3.19. The fraction of sp³-hybridized carbons (Fsp3) is 0.259. The lowest BCUT2D eigenvalue weighted by Crippen LogP contribution is -2.44. The molecular formula is C27H25ClO6. The first-order valence-corrected chi connectivity index (χ1v) is 11.3. The van der Waals surface area contributed by atoms with Crippen LogP contribution in [0.25, 0.3) is 0 Å². The van der Waals surface area contributed by atoms with E-state index in [0.717, 1.165) is 5.56 Å². The van der Waals surface area contributed by atoms with E-state index >= 15 is 0 Å². The quantitative estimate of drug-likeness (QED) is 0.334. The van der Waals surface area contributed by atoms with E-state index in [1.54, 1.807) is 62.4 Å². The van der Waals surface area contributed by atoms with E-state index in [1.807, 2.05) is 30.3 Å². The largest absolute Gasteiger partial charge is 0.476 e. The number of carbonyl (C=O) groups excluding carboxylic acids is 2. The predicted molar refractivity (Wildman–Crippen MR) is 127 cm³/mol. The van der Waals surface area contributed by atoms with Crippen LogP contribution in [-0.2, 0) is 19.0 Å². The Labute approximate surface area is 203 Å². The van der Waals surface area contributed by atoms with Crippen molar-refractivity contribution in [2.24, 2.45) is 0 Å². The van der Waals surface area contributed by atoms with Crippen molar-refractivity contribution in [1.29, 1.82) is 0 Å². The highest BCUT2D eigenvalue weighted by atomic mass is 35.5. The van der Waals surface area contributed by atoms with Gasteiger partial charge in [0, 0.05) is 21.7 Å². The van der Waals surface area contributed by atoms with Crippen molar-refractivity contribution in [2.45, 2.75) is 31.8 Å². The molecule has 0 amide bonds. The third-order valence-corrected chi connectivity index (χ3v) is 5.55. The maximum absolute atomic E-state index is 12.8. The van der Waals surface area contributed by atoms with Gasteiger partial charge in [-0.05, 0) is 62.4 Å². The van der Waals surface area contributed by atoms with Gasteiger partial charge in [-0.15, -0.1) is 0 Å². The molecule has 0 saturated carbocycles. The number of hydrogen-bond acceptors (Lipinski definition) is 6. The van der Waals surface area contributed by atoms with E-state index in [-0.39, 0.29) is 19.0 Å². The molecule has 0 radical (unpaired) electrons. The number of ketones is 1. The summed E-state index contributed by atoms with van der Waals surface area (Å²) in [6.45, 7) is 3.70. The molecule has 0 aliphatic carbocycles. The third-order valence-electron chi connectivity index (χ3n) is 5.30. The van der Waals surface area contributed by atoms with Gasteiger partial charge in [0.15, 0.2) is 17.7 Å². The molecule has 7 heteroatoms. The number of benzene rings is 3. The van der Waals surface area contributed by atoms with Gasteiger partial charge in [0.1, 0.15) is 11.9 Å². The smallest absolute Gasteiger partial charge is 0.350 e. The van der Waals surface area contributed by atoms with Gasteiger partial charge in [-0.2, -0.15) is 0 Å². The molecule has 0 spiro atoms. The number of carbonyl (C=O) groups is 2. The van der Waals surface area contributed by atoms with Crippen LogP contribution in [0.5, 0.6) is 5.75 Å². The number of halogens is 1. The third kappa shape index (κ3) is 5.83. The number of hydrogen-bond donors (Lipinski definition) is 0. The van der Waals surface area contributed by atoms with Crippen molar-refractivity contribution in [3.8, 4) is 5.75 Å². The summed E-state index contributed by atoms with van der Waals surface area (Å²) >= 11 is 5.88. The van der Waals surface area contributed by atoms with E-state index in [9.17, 15) is 9.59 Å². The second kappa shape index (κ2) is 10.4. The molecule has 1 fully saturated rings. The first-order chi connectivity index (χ1) is 16.3. The number of ether oxygens (including phenoxy) is 4. The molecule has 176 valence electrons. The molecule has 1 heterocycles. The van der Waals surface area contributed by atoms with Crippen LogP contribution in [0, 0.1) is 0 Å². The lowest BCUT2D eigenvalue weighted by atomic mass is 10.0. The van der Waals surface area contributed by atoms with Gasteiger partial charge >= 0.3 is 5.97 Å². The summed E-state index contributed by atoms with van der Waals surface area (Å²) in [5.74, 6) is -0.230. The first kappa shape index (κ1) is 24.0. The Balaban J connectivity index is 1.31. The van der Waals surface area contributed by atoms with Crippen LogP contribution in [0.2, 0.25) is 5.02 Å². The van der Waals surface area contributed by atoms with Gasteiger partial charge in [-0.25, -0.2) is 4.79 Å². The van der Waals surface area contributed by atoms with E-state index in [1.165, 1.54) is 0 Å². The average molecular weight is 481 g/mol. The Bertz CT molecular complexity index is 1120. The van der Waals surface area contributed by atoms with Crippen molar-refractivity contribution in [2.75, 3.05) is 13.2 Å². The fourth-order valence-corrected chi connectivity index (χ4v) is 3.55. The minimum Gasteiger partial charge on any atom is -0.476 e. The Morgan fingerprint density at radius 2 is 1.41 bits per heavy atom. The molecule has 0 unspecified atom stereocenters. The zero-order valence-corrected chi connectivity index (χ0v) is 19.7. The second-order valence-corrected chi connectivity index (χ2v) is 8.85. The molecule has 1 aliphatic rings. The van der Waals surface area contributed by atoms with E-state index < -0.39 is 24.0 Å². The Morgan fingerprint density at radius 1 is 0.853 bits per heavy atom. The van der Waals surface area contributed by atoms with E-state index in [0.29, 0.717) is 21.9 Å². The lowest BCUT2D eigenvalue weighted by Gasteiger charge is -2.32. The van der Waals surface area contributed by atoms with Crippen LogP contribution in [-0.4, -0.2) is 36.7 Å². The normalized spacial score (nSPS) is 18.2. The molecule has 3 aromatic rings. The second-order valence-electron chi connectivity index (χ2n) is 8.41. The molecule has 3 aromatic carbocycles. The molecule has 4 rings (SSSR count). The van der Waals surface area contributed by atoms with Crippen molar-refractivity contribution in [3.05, 3.63) is 101 Å². The minimum atomic E-state index is -1.25. The number of esters is 1. The van der Waals surface area contributed by atoms with Crippen molar-refractivity contribution in [3.63, 3.8) is 0 Å². The van der Waals surface area contributed by atoms with Gasteiger partial charge in [0.05, 0.1) is 13.2 Å². The van der Waals surface area contributed by atoms with Crippen LogP contribution >= 0.6 is 11.6 Å². The highest BCUT2D eigenvalue weighted by Gasteiger charge is 2.35. The van der Waals surface area contributed by atoms with Gasteiger partial charge < -0.3 is 18.9 Å². The monoisotopic (exact) mass is 480 g/mol. The Kier molecular flexibility index (Phi) is 7.32. The van der Waals surface area contributed by atoms with Gasteiger partial charge in [0.25, 0.3) is 0 Å². The van der Waals surface area contributed by atoms with Crippen LogP contribution in [0.15, 0.2) is 78.9 Å². The van der Waals surface area contributed by atoms with Gasteiger partial charge in [-0.1, -0.05) is 41.9 Å². The van der Waals surface area contributed by atoms with Crippen LogP contribution in [0.3, 0.4) is 0 Å². The molecule has 34 heavy (non-hydrogen) atoms. The van der Waals surface area contributed by atoms with E-state index in [4.69, 9.17) is 30.5 Å². The molecule has 0 bridgehead atoms. The zero-order valence-electron chi connectivity index (χ0n) is 18.9. The summed E-state index contributed by atoms with van der Waals surface area (Å²) < 4.78 is 22.8. The molecule has 0 N–H and O–H groups in total. The number of rotatable bonds is 7. The predicted octanol–water partition coefficient (Wildman–Crippen LogP) is 5.39. The first-order valence-electron chi connectivity index (χ1n) is 10.9. The molecule has 6 nitrogen and oxygen atoms in total. The molecule has 0 atom stereocenters. The molecular weight excluding hydrogens is 456 g/mol. The average Bonchev–Trinajstić information content (AvgIpc) is 2.85. The summed E-state index contributed by atoms with van der Waals surface area (Å²) in [5.41, 5.74) is 0.694. The minimum absolute atomic E-state index is 0.131. The van der Waals surface area contributed by atoms with Gasteiger partial charge in [0.2, 0.25) is 0 Å². The van der Waals surface area contributed by atoms with E-state index in [2.05, 4.69) is 0 Å².